The third kappa shape index (κ3) is 3.18. The maximum absolute atomic E-state index is 12.1. The maximum Gasteiger partial charge on any atom is 0.160 e. The van der Waals surface area contributed by atoms with Gasteiger partial charge in [0.2, 0.25) is 0 Å². The van der Waals surface area contributed by atoms with E-state index in [-0.39, 0.29) is 5.78 Å². The fourth-order valence-electron chi connectivity index (χ4n) is 3.06. The molecule has 0 aliphatic heterocycles. The van der Waals surface area contributed by atoms with E-state index in [1.54, 1.807) is 6.92 Å². The van der Waals surface area contributed by atoms with Crippen molar-refractivity contribution in [1.29, 1.82) is 0 Å². The summed E-state index contributed by atoms with van der Waals surface area (Å²) in [6, 6.07) is 14.1. The molecule has 0 unspecified atom stereocenters. The maximum atomic E-state index is 12.1. The summed E-state index contributed by atoms with van der Waals surface area (Å²) in [7, 11) is 0. The van der Waals surface area contributed by atoms with Gasteiger partial charge in [0, 0.05) is 15.1 Å². The Kier molecular flexibility index (Phi) is 4.51. The molecule has 0 saturated carbocycles. The van der Waals surface area contributed by atoms with Gasteiger partial charge in [-0.25, -0.2) is 0 Å². The normalized spacial score (nSPS) is 13.4. The molecule has 0 atom stereocenters. The predicted octanol–water partition coefficient (Wildman–Crippen LogP) is 5.63. The van der Waals surface area contributed by atoms with Gasteiger partial charge in [0.05, 0.1) is 0 Å². The van der Waals surface area contributed by atoms with Crippen LogP contribution in [0.4, 0.5) is 0 Å². The highest BCUT2D eigenvalue weighted by molar-refractivity contribution is 9.10. The fourth-order valence-corrected chi connectivity index (χ4v) is 3.59. The molecule has 2 aromatic carbocycles. The molecule has 3 heteroatoms. The highest BCUT2D eigenvalue weighted by Crippen LogP contribution is 2.37. The molecular weight excluding hydrogens is 360 g/mol. The second-order valence-electron chi connectivity index (χ2n) is 5.64. The molecule has 2 aromatic rings. The van der Waals surface area contributed by atoms with E-state index in [1.165, 1.54) is 16.7 Å². The third-order valence-corrected chi connectivity index (χ3v) is 4.82. The lowest BCUT2D eigenvalue weighted by molar-refractivity contribution is -0.111. The van der Waals surface area contributed by atoms with Gasteiger partial charge in [-0.15, -0.1) is 0 Å². The molecular formula is C19H16BrClO. The Balaban J connectivity index is 1.84. The number of hydrogen-bond donors (Lipinski definition) is 0. The summed E-state index contributed by atoms with van der Waals surface area (Å²) in [6.45, 7) is 1.66. The Bertz CT molecular complexity index is 760. The minimum absolute atomic E-state index is 0.159. The Labute approximate surface area is 144 Å². The van der Waals surface area contributed by atoms with Crippen LogP contribution in [0.25, 0.3) is 5.57 Å². The van der Waals surface area contributed by atoms with Crippen molar-refractivity contribution in [3.63, 3.8) is 0 Å². The van der Waals surface area contributed by atoms with Gasteiger partial charge in [-0.1, -0.05) is 51.3 Å². The number of hydrogen-bond acceptors (Lipinski definition) is 1. The van der Waals surface area contributed by atoms with Crippen LogP contribution in [0.5, 0.6) is 0 Å². The van der Waals surface area contributed by atoms with E-state index < -0.39 is 0 Å². The lowest BCUT2D eigenvalue weighted by Crippen LogP contribution is -1.98. The molecule has 0 saturated heterocycles. The summed E-state index contributed by atoms with van der Waals surface area (Å²) < 4.78 is 1.06. The van der Waals surface area contributed by atoms with Gasteiger partial charge in [0.25, 0.3) is 0 Å². The molecule has 3 rings (SSSR count). The van der Waals surface area contributed by atoms with Crippen LogP contribution in [0.1, 0.15) is 30.0 Å². The second kappa shape index (κ2) is 6.39. The minimum atomic E-state index is 0.159. The number of carbonyl (C=O) groups excluding carboxylic acids is 1. The van der Waals surface area contributed by atoms with Crippen LogP contribution in [0, 0.1) is 0 Å². The molecule has 0 amide bonds. The molecule has 0 bridgehead atoms. The van der Waals surface area contributed by atoms with Gasteiger partial charge >= 0.3 is 0 Å². The van der Waals surface area contributed by atoms with Crippen LogP contribution < -0.4 is 0 Å². The van der Waals surface area contributed by atoms with Gasteiger partial charge in [-0.3, -0.25) is 4.79 Å². The van der Waals surface area contributed by atoms with E-state index in [1.807, 2.05) is 24.3 Å². The minimum Gasteiger partial charge on any atom is -0.294 e. The summed E-state index contributed by atoms with van der Waals surface area (Å²) in [5, 5.41) is 0.755. The molecule has 0 heterocycles. The van der Waals surface area contributed by atoms with Gasteiger partial charge in [0.15, 0.2) is 5.78 Å². The van der Waals surface area contributed by atoms with Gasteiger partial charge in [0.1, 0.15) is 0 Å². The quantitative estimate of drug-likeness (QED) is 0.676. The number of halogens is 2. The zero-order valence-electron chi connectivity index (χ0n) is 12.3. The van der Waals surface area contributed by atoms with Crippen molar-refractivity contribution in [2.75, 3.05) is 0 Å². The standard InChI is InChI=1S/C19H16BrClO/c1-12(22)19-14(5-2-13-3-7-17(21)8-4-13)10-15-11-16(20)6-9-18(15)19/h3-4,6-9,11H,2,5,10H2,1H3. The summed E-state index contributed by atoms with van der Waals surface area (Å²) in [5.41, 5.74) is 5.75. The van der Waals surface area contributed by atoms with E-state index in [2.05, 4.69) is 34.1 Å². The van der Waals surface area contributed by atoms with Gasteiger partial charge in [-0.2, -0.15) is 0 Å². The molecule has 0 aromatic heterocycles. The largest absolute Gasteiger partial charge is 0.294 e. The number of benzene rings is 2. The van der Waals surface area contributed by atoms with Gasteiger partial charge < -0.3 is 0 Å². The topological polar surface area (TPSA) is 17.1 Å². The number of carbonyl (C=O) groups is 1. The van der Waals surface area contributed by atoms with Crippen LogP contribution in [-0.2, 0) is 17.6 Å². The molecule has 0 spiro atoms. The predicted molar refractivity (Wildman–Crippen MR) is 95.2 cm³/mol. The number of fused-ring (bicyclic) bond motifs is 1. The second-order valence-corrected chi connectivity index (χ2v) is 6.99. The zero-order valence-corrected chi connectivity index (χ0v) is 14.7. The summed E-state index contributed by atoms with van der Waals surface area (Å²) in [4.78, 5) is 12.1. The van der Waals surface area contributed by atoms with Crippen LogP contribution in [0.3, 0.4) is 0 Å². The SMILES string of the molecule is CC(=O)C1=C(CCc2ccc(Cl)cc2)Cc2cc(Br)ccc21. The number of aryl methyl sites for hydroxylation is 1. The zero-order chi connectivity index (χ0) is 15.7. The highest BCUT2D eigenvalue weighted by Gasteiger charge is 2.24. The Morgan fingerprint density at radius 3 is 2.55 bits per heavy atom. The van der Waals surface area contributed by atoms with Crippen LogP contribution in [-0.4, -0.2) is 5.78 Å². The van der Waals surface area contributed by atoms with E-state index in [0.29, 0.717) is 0 Å². The number of allylic oxidation sites excluding steroid dienone is 2. The summed E-state index contributed by atoms with van der Waals surface area (Å²) >= 11 is 9.43. The molecule has 0 fully saturated rings. The molecule has 1 aliphatic carbocycles. The van der Waals surface area contributed by atoms with Crippen LogP contribution in [0.15, 0.2) is 52.5 Å². The van der Waals surface area contributed by atoms with Crippen LogP contribution in [0.2, 0.25) is 5.02 Å². The van der Waals surface area contributed by atoms with E-state index >= 15 is 0 Å². The first-order valence-electron chi connectivity index (χ1n) is 7.31. The van der Waals surface area contributed by atoms with Crippen molar-refractivity contribution in [3.05, 3.63) is 74.2 Å². The Morgan fingerprint density at radius 1 is 1.14 bits per heavy atom. The molecule has 112 valence electrons. The number of Topliss-reactive ketones (excluding diaryl/α,β-unsaturated/α-hetero) is 1. The van der Waals surface area contributed by atoms with Crippen LogP contribution >= 0.6 is 27.5 Å². The smallest absolute Gasteiger partial charge is 0.160 e. The first kappa shape index (κ1) is 15.5. The molecule has 1 aliphatic rings. The number of ketones is 1. The monoisotopic (exact) mass is 374 g/mol. The fraction of sp³-hybridized carbons (Fsp3) is 0.211. The van der Waals surface area contributed by atoms with Crippen molar-refractivity contribution < 1.29 is 4.79 Å². The first-order chi connectivity index (χ1) is 10.5. The average Bonchev–Trinajstić information content (AvgIpc) is 2.84. The molecule has 0 N–H and O–H groups in total. The van der Waals surface area contributed by atoms with Crippen molar-refractivity contribution in [2.45, 2.75) is 26.2 Å². The highest BCUT2D eigenvalue weighted by atomic mass is 79.9. The third-order valence-electron chi connectivity index (χ3n) is 4.07. The molecule has 1 nitrogen and oxygen atoms in total. The summed E-state index contributed by atoms with van der Waals surface area (Å²) in [6.07, 6.45) is 2.71. The lowest BCUT2D eigenvalue weighted by atomic mass is 9.98. The van der Waals surface area contributed by atoms with Gasteiger partial charge in [-0.05, 0) is 67.1 Å². The number of rotatable bonds is 4. The van der Waals surface area contributed by atoms with E-state index in [4.69, 9.17) is 11.6 Å². The van der Waals surface area contributed by atoms with E-state index in [9.17, 15) is 4.79 Å². The van der Waals surface area contributed by atoms with E-state index in [0.717, 1.165) is 39.9 Å². The average molecular weight is 376 g/mol. The first-order valence-corrected chi connectivity index (χ1v) is 8.48. The Hall–Kier alpha value is -1.38. The molecule has 22 heavy (non-hydrogen) atoms. The van der Waals surface area contributed by atoms with Crippen molar-refractivity contribution >= 4 is 38.9 Å². The lowest BCUT2D eigenvalue weighted by Gasteiger charge is -2.06. The van der Waals surface area contributed by atoms with Crippen molar-refractivity contribution in [1.82, 2.24) is 0 Å². The van der Waals surface area contributed by atoms with Crippen molar-refractivity contribution in [3.8, 4) is 0 Å². The molecule has 0 radical (unpaired) electrons. The summed E-state index contributed by atoms with van der Waals surface area (Å²) in [5.74, 6) is 0.159. The Morgan fingerprint density at radius 2 is 1.86 bits per heavy atom. The van der Waals surface area contributed by atoms with Crippen molar-refractivity contribution in [2.24, 2.45) is 0 Å².